The highest BCUT2D eigenvalue weighted by molar-refractivity contribution is 8.33. The van der Waals surface area contributed by atoms with Crippen molar-refractivity contribution >= 4 is 31.2 Å². The maximum absolute atomic E-state index is 13.0. The van der Waals surface area contributed by atoms with E-state index in [0.29, 0.717) is 40.9 Å². The Morgan fingerprint density at radius 1 is 1.00 bits per heavy atom. The Kier molecular flexibility index (Phi) is 5.47. The van der Waals surface area contributed by atoms with E-state index in [-0.39, 0.29) is 17.8 Å². The van der Waals surface area contributed by atoms with Gasteiger partial charge in [0.25, 0.3) is 0 Å². The first kappa shape index (κ1) is 20.8. The second kappa shape index (κ2) is 7.64. The average Bonchev–Trinajstić information content (AvgIpc) is 3.33. The van der Waals surface area contributed by atoms with Crippen molar-refractivity contribution in [2.45, 2.75) is 42.4 Å². The number of benzene rings is 2. The van der Waals surface area contributed by atoms with Crippen LogP contribution in [0.5, 0.6) is 5.75 Å². The van der Waals surface area contributed by atoms with Gasteiger partial charge in [0.2, 0.25) is 0 Å². The molecule has 2 aliphatic heterocycles. The van der Waals surface area contributed by atoms with E-state index in [0.717, 1.165) is 12.8 Å². The van der Waals surface area contributed by atoms with Gasteiger partial charge >= 0.3 is 15.6 Å². The number of rotatable bonds is 5. The van der Waals surface area contributed by atoms with Crippen molar-refractivity contribution in [2.75, 3.05) is 18.1 Å². The Balaban J connectivity index is 1.79. The molecule has 2 aromatic rings. The zero-order chi connectivity index (χ0) is 20.7. The quantitative estimate of drug-likeness (QED) is 0.594. The van der Waals surface area contributed by atoms with Crippen molar-refractivity contribution in [3.63, 3.8) is 0 Å². The van der Waals surface area contributed by atoms with Crippen LogP contribution >= 0.6 is 10.3 Å². The molecule has 10 heteroatoms. The molecule has 160 valence electrons. The van der Waals surface area contributed by atoms with Crippen molar-refractivity contribution in [1.82, 2.24) is 0 Å². The lowest BCUT2D eigenvalue weighted by Crippen LogP contribution is -2.27. The van der Waals surface area contributed by atoms with E-state index in [1.807, 2.05) is 6.07 Å². The van der Waals surface area contributed by atoms with Gasteiger partial charge in [-0.2, -0.15) is 21.6 Å². The van der Waals surface area contributed by atoms with E-state index in [1.54, 1.807) is 30.3 Å². The van der Waals surface area contributed by atoms with Crippen LogP contribution in [0.25, 0.3) is 10.8 Å². The molecule has 2 aliphatic rings. The summed E-state index contributed by atoms with van der Waals surface area (Å²) in [6.07, 6.45) is 2.53. The molecule has 0 aliphatic carbocycles. The fraction of sp³-hybridized carbons (Fsp3) is 0.474. The van der Waals surface area contributed by atoms with Crippen molar-refractivity contribution in [1.29, 1.82) is 0 Å². The van der Waals surface area contributed by atoms with Gasteiger partial charge in [-0.25, -0.2) is 3.63 Å². The first-order valence-electron chi connectivity index (χ1n) is 9.33. The van der Waals surface area contributed by atoms with Crippen molar-refractivity contribution in [3.05, 3.63) is 36.4 Å². The SMILES string of the molecule is O=S(=O)(OS1(c2cccc3c(OC4CCCO4)cccc23)CCCC1)C(F)(F)F. The smallest absolute Gasteiger partial charge is 0.464 e. The number of fused-ring (bicyclic) bond motifs is 1. The van der Waals surface area contributed by atoms with Crippen LogP contribution in [0.2, 0.25) is 0 Å². The van der Waals surface area contributed by atoms with E-state index < -0.39 is 25.9 Å². The molecule has 1 unspecified atom stereocenters. The summed E-state index contributed by atoms with van der Waals surface area (Å²) in [5.41, 5.74) is -5.45. The minimum absolute atomic E-state index is 0.276. The first-order chi connectivity index (χ1) is 13.7. The highest BCUT2D eigenvalue weighted by atomic mass is 32.3. The maximum atomic E-state index is 13.0. The van der Waals surface area contributed by atoms with E-state index >= 15 is 0 Å². The van der Waals surface area contributed by atoms with Crippen LogP contribution < -0.4 is 4.74 Å². The molecule has 0 saturated carbocycles. The standard InChI is InChI=1S/C19H21F3O5S2/c20-19(21,22)29(23,24)27-28(12-1-2-13-28)17-9-4-6-14-15(17)7-3-8-16(14)26-18-10-5-11-25-18/h3-4,6-9,18H,1-2,5,10-13H2. The van der Waals surface area contributed by atoms with Crippen molar-refractivity contribution in [3.8, 4) is 5.75 Å². The van der Waals surface area contributed by atoms with E-state index in [2.05, 4.69) is 0 Å². The van der Waals surface area contributed by atoms with Crippen molar-refractivity contribution < 1.29 is 34.7 Å². The van der Waals surface area contributed by atoms with Crippen LogP contribution in [-0.4, -0.2) is 38.3 Å². The van der Waals surface area contributed by atoms with Crippen LogP contribution in [0, 0.1) is 0 Å². The molecule has 0 radical (unpaired) electrons. The molecule has 1 atom stereocenters. The lowest BCUT2D eigenvalue weighted by molar-refractivity contribution is -0.0496. The number of ether oxygens (including phenoxy) is 2. The molecule has 0 spiro atoms. The molecular formula is C19H21F3O5S2. The van der Waals surface area contributed by atoms with Gasteiger partial charge in [-0.05, 0) is 36.8 Å². The number of hydrogen-bond acceptors (Lipinski definition) is 5. The zero-order valence-electron chi connectivity index (χ0n) is 15.5. The number of alkyl halides is 3. The Bertz CT molecular complexity index is 995. The lowest BCUT2D eigenvalue weighted by atomic mass is 10.1. The maximum Gasteiger partial charge on any atom is 0.523 e. The topological polar surface area (TPSA) is 61.8 Å². The zero-order valence-corrected chi connectivity index (χ0v) is 17.1. The predicted octanol–water partition coefficient (Wildman–Crippen LogP) is 5.09. The second-order valence-electron chi connectivity index (χ2n) is 7.06. The van der Waals surface area contributed by atoms with E-state index in [4.69, 9.17) is 13.1 Å². The van der Waals surface area contributed by atoms with Gasteiger partial charge in [0.1, 0.15) is 5.75 Å². The van der Waals surface area contributed by atoms with Crippen LogP contribution in [0.4, 0.5) is 13.2 Å². The van der Waals surface area contributed by atoms with Gasteiger partial charge in [-0.1, -0.05) is 34.6 Å². The minimum atomic E-state index is -5.70. The molecule has 29 heavy (non-hydrogen) atoms. The van der Waals surface area contributed by atoms with Gasteiger partial charge in [0.05, 0.1) is 6.61 Å². The van der Waals surface area contributed by atoms with Gasteiger partial charge in [-0.15, -0.1) is 0 Å². The van der Waals surface area contributed by atoms with Crippen LogP contribution in [-0.2, 0) is 18.5 Å². The molecule has 0 bridgehead atoms. The minimum Gasteiger partial charge on any atom is -0.464 e. The molecule has 0 N–H and O–H groups in total. The summed E-state index contributed by atoms with van der Waals surface area (Å²) in [5, 5.41) is 1.35. The summed E-state index contributed by atoms with van der Waals surface area (Å²) < 4.78 is 79.3. The molecule has 2 saturated heterocycles. The Hall–Kier alpha value is -1.49. The molecule has 5 nitrogen and oxygen atoms in total. The highest BCUT2D eigenvalue weighted by Crippen LogP contribution is 2.65. The van der Waals surface area contributed by atoms with Gasteiger partial charge < -0.3 is 9.47 Å². The van der Waals surface area contributed by atoms with Crippen LogP contribution in [0.3, 0.4) is 0 Å². The summed E-state index contributed by atoms with van der Waals surface area (Å²) in [6.45, 7) is 0.622. The van der Waals surface area contributed by atoms with Gasteiger partial charge in [0.15, 0.2) is 6.29 Å². The third-order valence-corrected chi connectivity index (χ3v) is 10.5. The molecule has 4 rings (SSSR count). The normalized spacial score (nSPS) is 23.3. The molecule has 0 aromatic heterocycles. The summed E-state index contributed by atoms with van der Waals surface area (Å²) in [6, 6.07) is 10.5. The lowest BCUT2D eigenvalue weighted by Gasteiger charge is -2.35. The highest BCUT2D eigenvalue weighted by Gasteiger charge is 2.52. The molecule has 2 aromatic carbocycles. The van der Waals surface area contributed by atoms with Crippen LogP contribution in [0.15, 0.2) is 41.3 Å². The number of hydrogen-bond donors (Lipinski definition) is 0. The van der Waals surface area contributed by atoms with E-state index in [1.165, 1.54) is 0 Å². The third-order valence-electron chi connectivity index (χ3n) is 5.09. The molecule has 0 amide bonds. The summed E-state index contributed by atoms with van der Waals surface area (Å²) >= 11 is 0. The summed E-state index contributed by atoms with van der Waals surface area (Å²) in [4.78, 5) is 0.512. The Labute approximate surface area is 168 Å². The summed E-state index contributed by atoms with van der Waals surface area (Å²) in [5.74, 6) is 1.11. The van der Waals surface area contributed by atoms with Gasteiger partial charge in [-0.3, -0.25) is 0 Å². The van der Waals surface area contributed by atoms with Gasteiger partial charge in [0, 0.05) is 28.2 Å². The summed E-state index contributed by atoms with van der Waals surface area (Å²) in [7, 11) is -8.35. The second-order valence-corrected chi connectivity index (χ2v) is 11.9. The fourth-order valence-electron chi connectivity index (χ4n) is 3.77. The number of halogens is 3. The Morgan fingerprint density at radius 2 is 1.69 bits per heavy atom. The first-order valence-corrected chi connectivity index (χ1v) is 12.6. The monoisotopic (exact) mass is 450 g/mol. The largest absolute Gasteiger partial charge is 0.523 e. The van der Waals surface area contributed by atoms with Crippen LogP contribution in [0.1, 0.15) is 25.7 Å². The molecular weight excluding hydrogens is 429 g/mol. The van der Waals surface area contributed by atoms with Crippen molar-refractivity contribution in [2.24, 2.45) is 0 Å². The molecule has 2 fully saturated rings. The average molecular weight is 451 g/mol. The van der Waals surface area contributed by atoms with E-state index in [9.17, 15) is 21.6 Å². The molecule has 2 heterocycles. The Morgan fingerprint density at radius 3 is 2.34 bits per heavy atom. The third kappa shape index (κ3) is 3.95. The predicted molar refractivity (Wildman–Crippen MR) is 104 cm³/mol. The fourth-order valence-corrected chi connectivity index (χ4v) is 9.18.